The van der Waals surface area contributed by atoms with Gasteiger partial charge in [-0.05, 0) is 44.2 Å². The van der Waals surface area contributed by atoms with Gasteiger partial charge in [0, 0.05) is 25.7 Å². The molecule has 26 heavy (non-hydrogen) atoms. The SMILES string of the molecule is O=C1NCCCCC1Oc1ccc(S(=O)(=O)N2CCCC2)cc1[N+](=O)[O-]. The molecule has 1 unspecified atom stereocenters. The van der Waals surface area contributed by atoms with Crippen molar-refractivity contribution in [2.24, 2.45) is 0 Å². The number of nitrogens with zero attached hydrogens (tertiary/aromatic N) is 2. The highest BCUT2D eigenvalue weighted by atomic mass is 32.2. The topological polar surface area (TPSA) is 119 Å². The molecule has 1 amide bonds. The molecule has 2 fully saturated rings. The number of amides is 1. The second-order valence-electron chi connectivity index (χ2n) is 6.39. The lowest BCUT2D eigenvalue weighted by molar-refractivity contribution is -0.386. The van der Waals surface area contributed by atoms with E-state index >= 15 is 0 Å². The van der Waals surface area contributed by atoms with Crippen molar-refractivity contribution in [2.45, 2.75) is 43.1 Å². The molecule has 3 rings (SSSR count). The van der Waals surface area contributed by atoms with E-state index in [9.17, 15) is 23.3 Å². The first-order valence-corrected chi connectivity index (χ1v) is 10.1. The standard InChI is InChI=1S/C16H21N3O6S/c20-16-15(5-1-2-8-17-16)25-14-7-6-12(11-13(14)19(21)22)26(23,24)18-9-3-4-10-18/h6-7,11,15H,1-5,8-10H2,(H,17,20). The molecule has 0 aliphatic carbocycles. The summed E-state index contributed by atoms with van der Waals surface area (Å²) in [5.74, 6) is -0.414. The molecule has 1 aromatic carbocycles. The molecule has 0 radical (unpaired) electrons. The summed E-state index contributed by atoms with van der Waals surface area (Å²) in [5.41, 5.74) is -0.456. The number of benzene rings is 1. The van der Waals surface area contributed by atoms with E-state index in [0.29, 0.717) is 26.1 Å². The van der Waals surface area contributed by atoms with Crippen LogP contribution in [-0.2, 0) is 14.8 Å². The van der Waals surface area contributed by atoms with Gasteiger partial charge in [-0.1, -0.05) is 0 Å². The third-order valence-electron chi connectivity index (χ3n) is 4.58. The third kappa shape index (κ3) is 3.80. The number of nitrogens with one attached hydrogen (secondary N) is 1. The monoisotopic (exact) mass is 383 g/mol. The Morgan fingerprint density at radius 2 is 1.92 bits per heavy atom. The Morgan fingerprint density at radius 1 is 1.19 bits per heavy atom. The van der Waals surface area contributed by atoms with Crippen LogP contribution in [0.1, 0.15) is 32.1 Å². The maximum absolute atomic E-state index is 12.6. The minimum Gasteiger partial charge on any atom is -0.473 e. The highest BCUT2D eigenvalue weighted by molar-refractivity contribution is 7.89. The van der Waals surface area contributed by atoms with E-state index < -0.39 is 26.7 Å². The second-order valence-corrected chi connectivity index (χ2v) is 8.33. The van der Waals surface area contributed by atoms with Crippen LogP contribution in [0.2, 0.25) is 0 Å². The van der Waals surface area contributed by atoms with Crippen LogP contribution in [0.4, 0.5) is 5.69 Å². The molecule has 1 atom stereocenters. The van der Waals surface area contributed by atoms with Crippen molar-refractivity contribution in [2.75, 3.05) is 19.6 Å². The summed E-state index contributed by atoms with van der Waals surface area (Å²) in [7, 11) is -3.77. The van der Waals surface area contributed by atoms with Crippen LogP contribution in [0.25, 0.3) is 0 Å². The lowest BCUT2D eigenvalue weighted by Crippen LogP contribution is -2.36. The fraction of sp³-hybridized carbons (Fsp3) is 0.562. The summed E-state index contributed by atoms with van der Waals surface area (Å²) >= 11 is 0. The second kappa shape index (κ2) is 7.58. The van der Waals surface area contributed by atoms with Gasteiger partial charge in [-0.2, -0.15) is 4.31 Å². The Labute approximate surface area is 151 Å². The average Bonchev–Trinajstić information content (AvgIpc) is 3.08. The van der Waals surface area contributed by atoms with Crippen LogP contribution in [0.5, 0.6) is 5.75 Å². The molecule has 1 N–H and O–H groups in total. The van der Waals surface area contributed by atoms with Gasteiger partial charge in [0.2, 0.25) is 10.0 Å². The molecule has 1 aromatic rings. The Morgan fingerprint density at radius 3 is 2.62 bits per heavy atom. The quantitative estimate of drug-likeness (QED) is 0.607. The van der Waals surface area contributed by atoms with Crippen LogP contribution < -0.4 is 10.1 Å². The Hall–Kier alpha value is -2.20. The smallest absolute Gasteiger partial charge is 0.312 e. The summed E-state index contributed by atoms with van der Waals surface area (Å²) in [5, 5.41) is 14.1. The summed E-state index contributed by atoms with van der Waals surface area (Å²) in [6.45, 7) is 1.38. The molecule has 0 aromatic heterocycles. The molecule has 2 aliphatic rings. The molecule has 0 saturated carbocycles. The van der Waals surface area contributed by atoms with Crippen LogP contribution in [0.15, 0.2) is 23.1 Å². The number of carbonyl (C=O) groups is 1. The number of hydrogen-bond acceptors (Lipinski definition) is 6. The van der Waals surface area contributed by atoms with Crippen LogP contribution in [-0.4, -0.2) is 49.3 Å². The molecule has 0 spiro atoms. The van der Waals surface area contributed by atoms with Crippen molar-refractivity contribution >= 4 is 21.6 Å². The largest absolute Gasteiger partial charge is 0.473 e. The van der Waals surface area contributed by atoms with Gasteiger partial charge in [0.15, 0.2) is 11.9 Å². The molecule has 2 aliphatic heterocycles. The lowest BCUT2D eigenvalue weighted by Gasteiger charge is -2.18. The summed E-state index contributed by atoms with van der Waals surface area (Å²) in [6.07, 6.45) is 2.77. The van der Waals surface area contributed by atoms with E-state index in [2.05, 4.69) is 5.32 Å². The zero-order valence-corrected chi connectivity index (χ0v) is 15.0. The van der Waals surface area contributed by atoms with Gasteiger partial charge >= 0.3 is 5.69 Å². The van der Waals surface area contributed by atoms with Crippen molar-refractivity contribution < 1.29 is 22.9 Å². The normalized spacial score (nSPS) is 21.8. The number of hydrogen-bond donors (Lipinski definition) is 1. The van der Waals surface area contributed by atoms with Gasteiger partial charge in [-0.25, -0.2) is 8.42 Å². The minimum atomic E-state index is -3.77. The van der Waals surface area contributed by atoms with Crippen LogP contribution >= 0.6 is 0 Å². The van der Waals surface area contributed by atoms with Crippen molar-refractivity contribution in [3.05, 3.63) is 28.3 Å². The fourth-order valence-corrected chi connectivity index (χ4v) is 4.69. The highest BCUT2D eigenvalue weighted by Gasteiger charge is 2.31. The van der Waals surface area contributed by atoms with Gasteiger partial charge in [-0.15, -0.1) is 0 Å². The van der Waals surface area contributed by atoms with Crippen molar-refractivity contribution in [3.8, 4) is 5.75 Å². The maximum atomic E-state index is 12.6. The molecule has 2 saturated heterocycles. The van der Waals surface area contributed by atoms with E-state index in [1.165, 1.54) is 16.4 Å². The first-order chi connectivity index (χ1) is 12.4. The van der Waals surface area contributed by atoms with Gasteiger partial charge < -0.3 is 10.1 Å². The Bertz CT molecular complexity index is 804. The number of ether oxygens (including phenoxy) is 1. The number of nitro groups is 1. The summed E-state index contributed by atoms with van der Waals surface area (Å²) in [6, 6.07) is 3.57. The summed E-state index contributed by atoms with van der Waals surface area (Å²) in [4.78, 5) is 22.6. The van der Waals surface area contributed by atoms with E-state index in [1.807, 2.05) is 0 Å². The molecular formula is C16H21N3O6S. The molecule has 10 heteroatoms. The average molecular weight is 383 g/mol. The maximum Gasteiger partial charge on any atom is 0.312 e. The summed E-state index contributed by atoms with van der Waals surface area (Å²) < 4.78 is 32.1. The molecular weight excluding hydrogens is 362 g/mol. The van der Waals surface area contributed by atoms with Crippen molar-refractivity contribution in [1.29, 1.82) is 0 Å². The highest BCUT2D eigenvalue weighted by Crippen LogP contribution is 2.33. The van der Waals surface area contributed by atoms with E-state index in [4.69, 9.17) is 4.74 Å². The first kappa shape index (κ1) is 18.6. The zero-order valence-electron chi connectivity index (χ0n) is 14.2. The zero-order chi connectivity index (χ0) is 18.7. The number of sulfonamides is 1. The van der Waals surface area contributed by atoms with E-state index in [0.717, 1.165) is 31.7 Å². The van der Waals surface area contributed by atoms with E-state index in [-0.39, 0.29) is 16.6 Å². The third-order valence-corrected chi connectivity index (χ3v) is 6.48. The van der Waals surface area contributed by atoms with Crippen molar-refractivity contribution in [1.82, 2.24) is 9.62 Å². The van der Waals surface area contributed by atoms with Gasteiger partial charge in [0.25, 0.3) is 5.91 Å². The van der Waals surface area contributed by atoms with Gasteiger partial charge in [-0.3, -0.25) is 14.9 Å². The number of carbonyl (C=O) groups excluding carboxylic acids is 1. The fourth-order valence-electron chi connectivity index (χ4n) is 3.15. The van der Waals surface area contributed by atoms with Gasteiger partial charge in [0.05, 0.1) is 9.82 Å². The van der Waals surface area contributed by atoms with E-state index in [1.54, 1.807) is 0 Å². The molecule has 0 bridgehead atoms. The first-order valence-electron chi connectivity index (χ1n) is 8.62. The predicted octanol–water partition coefficient (Wildman–Crippen LogP) is 1.43. The number of nitro benzene ring substituents is 1. The minimum absolute atomic E-state index is 0.0996. The Balaban J connectivity index is 1.89. The van der Waals surface area contributed by atoms with Crippen molar-refractivity contribution in [3.63, 3.8) is 0 Å². The van der Waals surface area contributed by atoms with Gasteiger partial charge in [0.1, 0.15) is 0 Å². The predicted molar refractivity (Wildman–Crippen MR) is 92.4 cm³/mol. The van der Waals surface area contributed by atoms with Crippen LogP contribution in [0, 0.1) is 10.1 Å². The van der Waals surface area contributed by atoms with Crippen LogP contribution in [0.3, 0.4) is 0 Å². The molecule has 9 nitrogen and oxygen atoms in total. The molecule has 2 heterocycles. The number of rotatable bonds is 5. The Kier molecular flexibility index (Phi) is 5.42. The lowest BCUT2D eigenvalue weighted by atomic mass is 10.2. The molecule has 142 valence electrons.